The number of unbranched alkanes of at least 4 members (excludes halogenated alkanes) is 6. The summed E-state index contributed by atoms with van der Waals surface area (Å²) in [7, 11) is 0. The largest absolute Gasteiger partial charge is 0.396 e. The van der Waals surface area contributed by atoms with E-state index in [0.717, 1.165) is 16.3 Å². The molecular weight excluding hydrogens is 287 g/mol. The minimum absolute atomic E-state index is 0.374. The molecule has 0 aromatic carbocycles. The predicted octanol–water partition coefficient (Wildman–Crippen LogP) is 3.92. The van der Waals surface area contributed by atoms with E-state index in [0.29, 0.717) is 6.61 Å². The number of aliphatic hydroxyl groups is 1. The van der Waals surface area contributed by atoms with E-state index in [9.17, 15) is 0 Å². The van der Waals surface area contributed by atoms with E-state index in [-0.39, 0.29) is 0 Å². The molecule has 1 rings (SSSR count). The van der Waals surface area contributed by atoms with Crippen molar-refractivity contribution in [2.45, 2.75) is 61.7 Å². The van der Waals surface area contributed by atoms with Gasteiger partial charge in [0, 0.05) is 10.5 Å². The zero-order valence-corrected chi connectivity index (χ0v) is 11.2. The summed E-state index contributed by atoms with van der Waals surface area (Å²) in [6, 6.07) is 0. The Kier molecular flexibility index (Phi) is 7.21. The van der Waals surface area contributed by atoms with Gasteiger partial charge in [-0.05, 0) is 25.2 Å². The summed E-state index contributed by atoms with van der Waals surface area (Å²) in [6.07, 6.45) is 12.2. The van der Waals surface area contributed by atoms with E-state index < -0.39 is 0 Å². The standard InChI is InChI=1S/C12H23IO/c13-12-10-11(12)8-6-4-2-1-3-5-7-9-14/h11-12,14H,1-10H2. The molecule has 14 heavy (non-hydrogen) atoms. The van der Waals surface area contributed by atoms with Crippen LogP contribution < -0.4 is 0 Å². The first-order chi connectivity index (χ1) is 6.84. The first kappa shape index (κ1) is 12.8. The van der Waals surface area contributed by atoms with E-state index in [1.807, 2.05) is 0 Å². The van der Waals surface area contributed by atoms with Gasteiger partial charge < -0.3 is 5.11 Å². The molecule has 0 saturated heterocycles. The van der Waals surface area contributed by atoms with Crippen molar-refractivity contribution in [1.82, 2.24) is 0 Å². The Morgan fingerprint density at radius 1 is 0.929 bits per heavy atom. The van der Waals surface area contributed by atoms with Gasteiger partial charge in [-0.2, -0.15) is 0 Å². The second-order valence-electron chi connectivity index (χ2n) is 4.50. The summed E-state index contributed by atoms with van der Waals surface area (Å²) in [5.41, 5.74) is 0. The number of hydrogen-bond donors (Lipinski definition) is 1. The fourth-order valence-electron chi connectivity index (χ4n) is 1.91. The topological polar surface area (TPSA) is 20.2 Å². The van der Waals surface area contributed by atoms with Crippen LogP contribution in [0, 0.1) is 5.92 Å². The highest BCUT2D eigenvalue weighted by Crippen LogP contribution is 2.41. The van der Waals surface area contributed by atoms with Gasteiger partial charge in [-0.25, -0.2) is 0 Å². The number of alkyl halides is 1. The van der Waals surface area contributed by atoms with Gasteiger partial charge in [0.05, 0.1) is 0 Å². The fraction of sp³-hybridized carbons (Fsp3) is 1.00. The zero-order valence-electron chi connectivity index (χ0n) is 9.05. The van der Waals surface area contributed by atoms with Crippen molar-refractivity contribution in [2.24, 2.45) is 5.92 Å². The monoisotopic (exact) mass is 310 g/mol. The zero-order chi connectivity index (χ0) is 10.2. The number of hydrogen-bond acceptors (Lipinski definition) is 1. The van der Waals surface area contributed by atoms with E-state index >= 15 is 0 Å². The molecule has 2 atom stereocenters. The Morgan fingerprint density at radius 3 is 1.93 bits per heavy atom. The second-order valence-corrected chi connectivity index (χ2v) is 6.10. The molecule has 0 aliphatic heterocycles. The minimum atomic E-state index is 0.374. The fourth-order valence-corrected chi connectivity index (χ4v) is 2.92. The van der Waals surface area contributed by atoms with Crippen molar-refractivity contribution in [2.75, 3.05) is 6.61 Å². The molecule has 1 aliphatic carbocycles. The van der Waals surface area contributed by atoms with Crippen molar-refractivity contribution in [3.63, 3.8) is 0 Å². The van der Waals surface area contributed by atoms with Crippen LogP contribution in [-0.2, 0) is 0 Å². The molecule has 1 nitrogen and oxygen atoms in total. The quantitative estimate of drug-likeness (QED) is 0.389. The molecule has 0 aromatic rings. The normalized spacial score (nSPS) is 25.3. The molecule has 0 amide bonds. The van der Waals surface area contributed by atoms with Crippen molar-refractivity contribution in [3.8, 4) is 0 Å². The Hall–Kier alpha value is 0.690. The molecule has 1 aliphatic rings. The number of aliphatic hydroxyl groups excluding tert-OH is 1. The molecule has 2 unspecified atom stereocenters. The third-order valence-electron chi connectivity index (χ3n) is 3.07. The summed E-state index contributed by atoms with van der Waals surface area (Å²) < 4.78 is 1.01. The smallest absolute Gasteiger partial charge is 0.0431 e. The van der Waals surface area contributed by atoms with Crippen LogP contribution in [0.25, 0.3) is 0 Å². The summed E-state index contributed by atoms with van der Waals surface area (Å²) in [5, 5.41) is 8.60. The molecular formula is C12H23IO. The summed E-state index contributed by atoms with van der Waals surface area (Å²) in [6.45, 7) is 0.374. The van der Waals surface area contributed by atoms with Crippen molar-refractivity contribution >= 4 is 22.6 Å². The van der Waals surface area contributed by atoms with Crippen LogP contribution in [0.1, 0.15) is 57.8 Å². The third kappa shape index (κ3) is 6.23. The van der Waals surface area contributed by atoms with Gasteiger partial charge in [-0.1, -0.05) is 61.1 Å². The van der Waals surface area contributed by atoms with E-state index in [4.69, 9.17) is 5.11 Å². The van der Waals surface area contributed by atoms with Crippen LogP contribution in [0.4, 0.5) is 0 Å². The van der Waals surface area contributed by atoms with Crippen LogP contribution in [0.3, 0.4) is 0 Å². The first-order valence-electron chi connectivity index (χ1n) is 6.09. The molecule has 0 radical (unpaired) electrons. The van der Waals surface area contributed by atoms with Crippen LogP contribution in [-0.4, -0.2) is 15.6 Å². The average Bonchev–Trinajstić information content (AvgIpc) is 2.87. The molecule has 0 aromatic heterocycles. The maximum Gasteiger partial charge on any atom is 0.0431 e. The van der Waals surface area contributed by atoms with E-state index in [1.165, 1.54) is 51.4 Å². The van der Waals surface area contributed by atoms with Gasteiger partial charge in [-0.3, -0.25) is 0 Å². The molecule has 2 heteroatoms. The van der Waals surface area contributed by atoms with Gasteiger partial charge in [0.15, 0.2) is 0 Å². The lowest BCUT2D eigenvalue weighted by atomic mass is 10.1. The maximum absolute atomic E-state index is 8.60. The molecule has 1 N–H and O–H groups in total. The molecule has 0 bridgehead atoms. The van der Waals surface area contributed by atoms with Crippen molar-refractivity contribution in [1.29, 1.82) is 0 Å². The SMILES string of the molecule is OCCCCCCCCCC1CC1I. The molecule has 1 fully saturated rings. The predicted molar refractivity (Wildman–Crippen MR) is 69.9 cm³/mol. The van der Waals surface area contributed by atoms with Gasteiger partial charge in [0.2, 0.25) is 0 Å². The summed E-state index contributed by atoms with van der Waals surface area (Å²) in [5.74, 6) is 1.07. The highest BCUT2D eigenvalue weighted by atomic mass is 127. The van der Waals surface area contributed by atoms with Crippen LogP contribution in [0.15, 0.2) is 0 Å². The Balaban J connectivity index is 1.68. The lowest BCUT2D eigenvalue weighted by Crippen LogP contribution is -1.85. The average molecular weight is 310 g/mol. The lowest BCUT2D eigenvalue weighted by Gasteiger charge is -2.00. The highest BCUT2D eigenvalue weighted by molar-refractivity contribution is 14.1. The van der Waals surface area contributed by atoms with Crippen molar-refractivity contribution < 1.29 is 5.11 Å². The molecule has 0 heterocycles. The van der Waals surface area contributed by atoms with E-state index in [2.05, 4.69) is 22.6 Å². The third-order valence-corrected chi connectivity index (χ3v) is 4.59. The van der Waals surface area contributed by atoms with Gasteiger partial charge in [0.1, 0.15) is 0 Å². The maximum atomic E-state index is 8.60. The summed E-state index contributed by atoms with van der Waals surface area (Å²) >= 11 is 2.58. The number of halogens is 1. The van der Waals surface area contributed by atoms with Gasteiger partial charge in [-0.15, -0.1) is 0 Å². The number of rotatable bonds is 9. The Labute approximate surface area is 102 Å². The van der Waals surface area contributed by atoms with Crippen LogP contribution in [0.5, 0.6) is 0 Å². The minimum Gasteiger partial charge on any atom is -0.396 e. The lowest BCUT2D eigenvalue weighted by molar-refractivity contribution is 0.282. The van der Waals surface area contributed by atoms with Crippen molar-refractivity contribution in [3.05, 3.63) is 0 Å². The van der Waals surface area contributed by atoms with Gasteiger partial charge in [0.25, 0.3) is 0 Å². The molecule has 0 spiro atoms. The molecule has 1 saturated carbocycles. The van der Waals surface area contributed by atoms with Crippen LogP contribution >= 0.6 is 22.6 Å². The second kappa shape index (κ2) is 7.91. The molecule has 84 valence electrons. The Morgan fingerprint density at radius 2 is 1.43 bits per heavy atom. The first-order valence-corrected chi connectivity index (χ1v) is 7.34. The van der Waals surface area contributed by atoms with Gasteiger partial charge >= 0.3 is 0 Å². The Bertz CT molecular complexity index is 138. The summed E-state index contributed by atoms with van der Waals surface area (Å²) in [4.78, 5) is 0. The highest BCUT2D eigenvalue weighted by Gasteiger charge is 2.33. The van der Waals surface area contributed by atoms with Crippen LogP contribution in [0.2, 0.25) is 0 Å². The van der Waals surface area contributed by atoms with E-state index in [1.54, 1.807) is 0 Å².